The molecule has 0 aliphatic rings. The minimum atomic E-state index is -0.205. The van der Waals surface area contributed by atoms with Crippen molar-refractivity contribution in [2.45, 2.75) is 45.1 Å². The number of aliphatic hydroxyl groups excluding tert-OH is 1. The largest absolute Gasteiger partial charge is 0.461 e. The summed E-state index contributed by atoms with van der Waals surface area (Å²) in [6.45, 7) is 0.417. The Balaban J connectivity index is 2.13. The first kappa shape index (κ1) is 17.4. The molecule has 21 heavy (non-hydrogen) atoms. The predicted octanol–water partition coefficient (Wildman–Crippen LogP) is 2.88. The molecule has 0 bridgehead atoms. The first-order valence-corrected chi connectivity index (χ1v) is 7.50. The van der Waals surface area contributed by atoms with Crippen LogP contribution in [-0.4, -0.2) is 24.0 Å². The lowest BCUT2D eigenvalue weighted by molar-refractivity contribution is -0.145. The van der Waals surface area contributed by atoms with Gasteiger partial charge in [0.15, 0.2) is 0 Å². The number of aldehydes is 1. The Morgan fingerprint density at radius 1 is 1.19 bits per heavy atom. The van der Waals surface area contributed by atoms with Gasteiger partial charge in [0.25, 0.3) is 0 Å². The molecule has 0 saturated heterocycles. The molecular formula is C17H24O4. The lowest BCUT2D eigenvalue weighted by Crippen LogP contribution is -2.09. The van der Waals surface area contributed by atoms with E-state index in [2.05, 4.69) is 0 Å². The van der Waals surface area contributed by atoms with Gasteiger partial charge in [0.05, 0.1) is 0 Å². The Labute approximate surface area is 126 Å². The summed E-state index contributed by atoms with van der Waals surface area (Å²) in [5.74, 6) is -0.0321. The predicted molar refractivity (Wildman–Crippen MR) is 80.6 cm³/mol. The summed E-state index contributed by atoms with van der Waals surface area (Å²) in [5.41, 5.74) is 0.980. The van der Waals surface area contributed by atoms with Gasteiger partial charge < -0.3 is 14.6 Å². The average molecular weight is 292 g/mol. The van der Waals surface area contributed by atoms with Crippen molar-refractivity contribution in [2.24, 2.45) is 5.92 Å². The van der Waals surface area contributed by atoms with Crippen LogP contribution in [0.1, 0.15) is 44.1 Å². The second-order valence-corrected chi connectivity index (χ2v) is 5.18. The zero-order valence-corrected chi connectivity index (χ0v) is 12.4. The second-order valence-electron chi connectivity index (χ2n) is 5.18. The third-order valence-electron chi connectivity index (χ3n) is 3.43. The Kier molecular flexibility index (Phi) is 9.13. The van der Waals surface area contributed by atoms with Crippen LogP contribution in [0.3, 0.4) is 0 Å². The van der Waals surface area contributed by atoms with E-state index in [1.807, 2.05) is 30.3 Å². The van der Waals surface area contributed by atoms with Crippen LogP contribution in [0, 0.1) is 5.92 Å². The van der Waals surface area contributed by atoms with Crippen molar-refractivity contribution >= 4 is 12.3 Å². The van der Waals surface area contributed by atoms with E-state index in [1.54, 1.807) is 0 Å². The van der Waals surface area contributed by atoms with Gasteiger partial charge in [0.1, 0.15) is 12.9 Å². The van der Waals surface area contributed by atoms with E-state index in [-0.39, 0.29) is 18.5 Å². The topological polar surface area (TPSA) is 63.6 Å². The van der Waals surface area contributed by atoms with Crippen molar-refractivity contribution in [3.63, 3.8) is 0 Å². The molecule has 0 aliphatic carbocycles. The maximum atomic E-state index is 11.6. The van der Waals surface area contributed by atoms with E-state index in [0.717, 1.165) is 31.1 Å². The molecule has 0 aromatic heterocycles. The smallest absolute Gasteiger partial charge is 0.306 e. The van der Waals surface area contributed by atoms with Gasteiger partial charge in [-0.1, -0.05) is 30.3 Å². The Morgan fingerprint density at radius 2 is 1.90 bits per heavy atom. The van der Waals surface area contributed by atoms with Gasteiger partial charge in [-0.15, -0.1) is 0 Å². The van der Waals surface area contributed by atoms with Gasteiger partial charge in [-0.2, -0.15) is 0 Å². The third-order valence-corrected chi connectivity index (χ3v) is 3.43. The molecule has 1 aromatic carbocycles. The number of ether oxygens (including phenoxy) is 1. The van der Waals surface area contributed by atoms with Crippen LogP contribution in [0.4, 0.5) is 0 Å². The molecule has 1 N–H and O–H groups in total. The number of rotatable bonds is 11. The summed E-state index contributed by atoms with van der Waals surface area (Å²) < 4.78 is 5.19. The van der Waals surface area contributed by atoms with Crippen molar-refractivity contribution in [1.29, 1.82) is 0 Å². The fraction of sp³-hybridized carbons (Fsp3) is 0.529. The first-order chi connectivity index (χ1) is 10.3. The molecule has 4 heteroatoms. The van der Waals surface area contributed by atoms with Crippen LogP contribution in [0.2, 0.25) is 0 Å². The summed E-state index contributed by atoms with van der Waals surface area (Å²) >= 11 is 0. The summed E-state index contributed by atoms with van der Waals surface area (Å²) in [4.78, 5) is 21.9. The number of benzene rings is 1. The van der Waals surface area contributed by atoms with E-state index in [1.165, 1.54) is 0 Å². The highest BCUT2D eigenvalue weighted by atomic mass is 16.5. The van der Waals surface area contributed by atoms with Gasteiger partial charge in [-0.25, -0.2) is 0 Å². The summed E-state index contributed by atoms with van der Waals surface area (Å²) in [6.07, 6.45) is 4.93. The monoisotopic (exact) mass is 292 g/mol. The lowest BCUT2D eigenvalue weighted by atomic mass is 9.97. The first-order valence-electron chi connectivity index (χ1n) is 7.50. The second kappa shape index (κ2) is 11.0. The number of carbonyl (C=O) groups is 2. The minimum absolute atomic E-state index is 0.109. The zero-order chi connectivity index (χ0) is 15.3. The molecule has 0 radical (unpaired) electrons. The van der Waals surface area contributed by atoms with Crippen LogP contribution in [0.15, 0.2) is 30.3 Å². The molecule has 116 valence electrons. The molecule has 0 fully saturated rings. The van der Waals surface area contributed by atoms with Crippen molar-refractivity contribution < 1.29 is 19.4 Å². The van der Waals surface area contributed by atoms with Crippen molar-refractivity contribution in [2.75, 3.05) is 6.61 Å². The number of carbonyl (C=O) groups excluding carboxylic acids is 2. The number of aliphatic hydroxyl groups is 1. The average Bonchev–Trinajstić information content (AvgIpc) is 2.52. The quantitative estimate of drug-likeness (QED) is 0.387. The van der Waals surface area contributed by atoms with Gasteiger partial charge in [0.2, 0.25) is 0 Å². The van der Waals surface area contributed by atoms with E-state index in [9.17, 15) is 14.7 Å². The van der Waals surface area contributed by atoms with Crippen LogP contribution in [-0.2, 0) is 20.9 Å². The fourth-order valence-corrected chi connectivity index (χ4v) is 2.16. The van der Waals surface area contributed by atoms with Crippen molar-refractivity contribution in [3.8, 4) is 0 Å². The molecule has 0 heterocycles. The Morgan fingerprint density at radius 3 is 2.57 bits per heavy atom. The van der Waals surface area contributed by atoms with E-state index in [0.29, 0.717) is 25.9 Å². The van der Waals surface area contributed by atoms with Gasteiger partial charge in [-0.05, 0) is 37.2 Å². The molecule has 0 spiro atoms. The van der Waals surface area contributed by atoms with Crippen LogP contribution < -0.4 is 0 Å². The SMILES string of the molecule is O=CCCCC(CO)CCCC(=O)OCc1ccccc1. The van der Waals surface area contributed by atoms with Crippen LogP contribution in [0.5, 0.6) is 0 Å². The van der Waals surface area contributed by atoms with Crippen molar-refractivity contribution in [3.05, 3.63) is 35.9 Å². The van der Waals surface area contributed by atoms with Crippen LogP contribution >= 0.6 is 0 Å². The molecule has 4 nitrogen and oxygen atoms in total. The highest BCUT2D eigenvalue weighted by molar-refractivity contribution is 5.69. The highest BCUT2D eigenvalue weighted by Gasteiger charge is 2.09. The number of hydrogen-bond donors (Lipinski definition) is 1. The Bertz CT molecular complexity index is 403. The van der Waals surface area contributed by atoms with E-state index in [4.69, 9.17) is 4.74 Å². The summed E-state index contributed by atoms with van der Waals surface area (Å²) in [5, 5.41) is 9.24. The van der Waals surface area contributed by atoms with Gasteiger partial charge in [0, 0.05) is 19.4 Å². The molecule has 0 aliphatic heterocycles. The lowest BCUT2D eigenvalue weighted by Gasteiger charge is -2.12. The zero-order valence-electron chi connectivity index (χ0n) is 12.4. The maximum absolute atomic E-state index is 11.6. The Hall–Kier alpha value is -1.68. The van der Waals surface area contributed by atoms with Crippen LogP contribution in [0.25, 0.3) is 0 Å². The van der Waals surface area contributed by atoms with E-state index < -0.39 is 0 Å². The summed E-state index contributed by atoms with van der Waals surface area (Å²) in [6, 6.07) is 9.58. The number of hydrogen-bond acceptors (Lipinski definition) is 4. The third kappa shape index (κ3) is 8.25. The molecule has 1 atom stereocenters. The molecule has 1 rings (SSSR count). The summed E-state index contributed by atoms with van der Waals surface area (Å²) in [7, 11) is 0. The number of unbranched alkanes of at least 4 members (excludes halogenated alkanes) is 1. The molecule has 1 aromatic rings. The standard InChI is InChI=1S/C17H24O4/c18-12-5-4-7-15(13-19)10-6-11-17(20)21-14-16-8-2-1-3-9-16/h1-3,8-9,12,15,19H,4-7,10-11,13-14H2. The van der Waals surface area contributed by atoms with Gasteiger partial charge >= 0.3 is 5.97 Å². The maximum Gasteiger partial charge on any atom is 0.306 e. The normalized spacial score (nSPS) is 11.9. The molecule has 1 unspecified atom stereocenters. The minimum Gasteiger partial charge on any atom is -0.461 e. The molecule has 0 amide bonds. The number of esters is 1. The van der Waals surface area contributed by atoms with Crippen molar-refractivity contribution in [1.82, 2.24) is 0 Å². The molecule has 0 saturated carbocycles. The fourth-order valence-electron chi connectivity index (χ4n) is 2.16. The van der Waals surface area contributed by atoms with E-state index >= 15 is 0 Å². The molecular weight excluding hydrogens is 268 g/mol. The van der Waals surface area contributed by atoms with Gasteiger partial charge in [-0.3, -0.25) is 4.79 Å². The highest BCUT2D eigenvalue weighted by Crippen LogP contribution is 2.15.